The molecule has 1 N–H and O–H groups in total. The molecule has 154 valence electrons. The van der Waals surface area contributed by atoms with Crippen molar-refractivity contribution in [2.24, 2.45) is 5.92 Å². The Labute approximate surface area is 169 Å². The Bertz CT molecular complexity index is 1040. The van der Waals surface area contributed by atoms with E-state index in [0.29, 0.717) is 41.1 Å². The van der Waals surface area contributed by atoms with Crippen molar-refractivity contribution in [1.29, 1.82) is 0 Å². The summed E-state index contributed by atoms with van der Waals surface area (Å²) in [5.74, 6) is 3.55. The van der Waals surface area contributed by atoms with E-state index in [2.05, 4.69) is 15.5 Å². The highest BCUT2D eigenvalue weighted by Gasteiger charge is 2.28. The fraction of sp³-hybridized carbons (Fsp3) is 0.524. The Balaban J connectivity index is 1.50. The average molecular weight is 397 g/mol. The highest BCUT2D eigenvalue weighted by Crippen LogP contribution is 2.33. The summed E-state index contributed by atoms with van der Waals surface area (Å²) in [4.78, 5) is 16.5. The van der Waals surface area contributed by atoms with Gasteiger partial charge in [0.05, 0.1) is 25.3 Å². The van der Waals surface area contributed by atoms with Crippen molar-refractivity contribution in [3.8, 4) is 11.5 Å². The summed E-state index contributed by atoms with van der Waals surface area (Å²) in [6, 6.07) is 3.76. The summed E-state index contributed by atoms with van der Waals surface area (Å²) in [6.45, 7) is 2.68. The van der Waals surface area contributed by atoms with Crippen molar-refractivity contribution in [2.75, 3.05) is 26.1 Å². The zero-order valence-electron chi connectivity index (χ0n) is 17.2. The van der Waals surface area contributed by atoms with Gasteiger partial charge in [0.2, 0.25) is 5.65 Å². The number of carbonyl (C=O) groups is 1. The van der Waals surface area contributed by atoms with Crippen LogP contribution in [-0.4, -0.2) is 46.1 Å². The monoisotopic (exact) mass is 397 g/mol. The van der Waals surface area contributed by atoms with Gasteiger partial charge in [0.15, 0.2) is 17.3 Å². The molecule has 0 aliphatic heterocycles. The second-order valence-electron chi connectivity index (χ2n) is 7.54. The molecule has 8 nitrogen and oxygen atoms in total. The number of fused-ring (bicyclic) bond motifs is 3. The van der Waals surface area contributed by atoms with Crippen LogP contribution < -0.4 is 14.8 Å². The molecule has 1 aliphatic carbocycles. The third-order valence-electron chi connectivity index (χ3n) is 5.42. The lowest BCUT2D eigenvalue weighted by molar-refractivity contribution is -0.120. The lowest BCUT2D eigenvalue weighted by atomic mass is 10.1. The minimum absolute atomic E-state index is 0.370. The Hall–Kier alpha value is -2.90. The minimum atomic E-state index is 0.370. The maximum Gasteiger partial charge on any atom is 0.204 e. The predicted molar refractivity (Wildman–Crippen MR) is 111 cm³/mol. The first-order valence-electron chi connectivity index (χ1n) is 10.2. The maximum absolute atomic E-state index is 11.8. The molecule has 2 heterocycles. The molecule has 0 amide bonds. The Kier molecular flexibility index (Phi) is 5.51. The van der Waals surface area contributed by atoms with Crippen molar-refractivity contribution in [1.82, 2.24) is 19.6 Å². The first-order chi connectivity index (χ1) is 14.1. The summed E-state index contributed by atoms with van der Waals surface area (Å²) in [5.41, 5.74) is 2.32. The fourth-order valence-electron chi connectivity index (χ4n) is 3.64. The van der Waals surface area contributed by atoms with Crippen LogP contribution in [0.25, 0.3) is 16.7 Å². The van der Waals surface area contributed by atoms with Crippen LogP contribution in [0.1, 0.15) is 44.3 Å². The van der Waals surface area contributed by atoms with E-state index in [0.717, 1.165) is 55.5 Å². The molecule has 0 spiro atoms. The SMILES string of the molecule is COc1cc2nc(NCCCCCC(=O)C3CC3)c3nnc(C)n3c2cc1OC. The number of hydrogen-bond donors (Lipinski definition) is 1. The van der Waals surface area contributed by atoms with Gasteiger partial charge in [-0.1, -0.05) is 6.42 Å². The number of benzene rings is 1. The zero-order valence-corrected chi connectivity index (χ0v) is 17.2. The van der Waals surface area contributed by atoms with Gasteiger partial charge in [0.1, 0.15) is 11.6 Å². The van der Waals surface area contributed by atoms with Gasteiger partial charge in [0.25, 0.3) is 0 Å². The normalized spacial score (nSPS) is 13.8. The van der Waals surface area contributed by atoms with Crippen LogP contribution in [0.15, 0.2) is 12.1 Å². The van der Waals surface area contributed by atoms with Gasteiger partial charge in [0, 0.05) is 31.0 Å². The molecule has 3 aromatic rings. The Morgan fingerprint density at radius 1 is 1.14 bits per heavy atom. The number of unbranched alkanes of at least 4 members (excludes halogenated alkanes) is 2. The number of aromatic nitrogens is 4. The molecule has 0 atom stereocenters. The molecule has 1 aromatic carbocycles. The molecular weight excluding hydrogens is 370 g/mol. The van der Waals surface area contributed by atoms with Crippen molar-refractivity contribution in [3.63, 3.8) is 0 Å². The van der Waals surface area contributed by atoms with Crippen LogP contribution in [0.4, 0.5) is 5.82 Å². The lowest BCUT2D eigenvalue weighted by Crippen LogP contribution is -2.07. The minimum Gasteiger partial charge on any atom is -0.493 e. The zero-order chi connectivity index (χ0) is 20.4. The van der Waals surface area contributed by atoms with Gasteiger partial charge in [-0.15, -0.1) is 10.2 Å². The summed E-state index contributed by atoms with van der Waals surface area (Å²) in [7, 11) is 3.22. The number of hydrogen-bond acceptors (Lipinski definition) is 7. The summed E-state index contributed by atoms with van der Waals surface area (Å²) >= 11 is 0. The van der Waals surface area contributed by atoms with E-state index >= 15 is 0 Å². The molecule has 1 aliphatic rings. The molecule has 0 radical (unpaired) electrons. The van der Waals surface area contributed by atoms with E-state index in [1.807, 2.05) is 23.5 Å². The fourth-order valence-corrected chi connectivity index (χ4v) is 3.64. The molecule has 4 rings (SSSR count). The second kappa shape index (κ2) is 8.23. The van der Waals surface area contributed by atoms with Gasteiger partial charge in [-0.05, 0) is 32.6 Å². The van der Waals surface area contributed by atoms with E-state index < -0.39 is 0 Å². The molecule has 1 fully saturated rings. The third-order valence-corrected chi connectivity index (χ3v) is 5.42. The Morgan fingerprint density at radius 3 is 2.62 bits per heavy atom. The highest BCUT2D eigenvalue weighted by molar-refractivity contribution is 5.86. The van der Waals surface area contributed by atoms with E-state index in [-0.39, 0.29) is 0 Å². The average Bonchev–Trinajstić information content (AvgIpc) is 3.51. The van der Waals surface area contributed by atoms with E-state index in [1.165, 1.54) is 0 Å². The molecule has 29 heavy (non-hydrogen) atoms. The van der Waals surface area contributed by atoms with E-state index in [1.54, 1.807) is 14.2 Å². The highest BCUT2D eigenvalue weighted by atomic mass is 16.5. The number of rotatable bonds is 10. The van der Waals surface area contributed by atoms with Gasteiger partial charge in [-0.2, -0.15) is 0 Å². The van der Waals surface area contributed by atoms with Gasteiger partial charge in [-0.3, -0.25) is 9.20 Å². The number of ether oxygens (including phenoxy) is 2. The van der Waals surface area contributed by atoms with Crippen LogP contribution in [-0.2, 0) is 4.79 Å². The van der Waals surface area contributed by atoms with Crippen LogP contribution in [0.5, 0.6) is 11.5 Å². The van der Waals surface area contributed by atoms with Gasteiger partial charge >= 0.3 is 0 Å². The first kappa shape index (κ1) is 19.4. The standard InChI is InChI=1S/C21H27N5O3/c1-13-24-25-21-20(22-10-6-4-5-7-17(27)14-8-9-14)23-15-11-18(28-2)19(29-3)12-16(15)26(13)21/h11-12,14H,4-10H2,1-3H3,(H,22,23). The number of aryl methyl sites for hydroxylation is 1. The lowest BCUT2D eigenvalue weighted by Gasteiger charge is -2.13. The Morgan fingerprint density at radius 2 is 1.90 bits per heavy atom. The molecule has 0 unspecified atom stereocenters. The van der Waals surface area contributed by atoms with E-state index in [4.69, 9.17) is 14.5 Å². The largest absolute Gasteiger partial charge is 0.493 e. The molecule has 8 heteroatoms. The van der Waals surface area contributed by atoms with Crippen molar-refractivity contribution in [2.45, 2.75) is 45.4 Å². The van der Waals surface area contributed by atoms with Crippen LogP contribution in [0.2, 0.25) is 0 Å². The number of ketones is 1. The molecule has 0 saturated heterocycles. The van der Waals surface area contributed by atoms with Gasteiger partial charge < -0.3 is 14.8 Å². The molecule has 1 saturated carbocycles. The number of Topliss-reactive ketones (excluding diaryl/α,β-unsaturated/α-hetero) is 1. The second-order valence-corrected chi connectivity index (χ2v) is 7.54. The molecular formula is C21H27N5O3. The maximum atomic E-state index is 11.8. The number of nitrogens with zero attached hydrogens (tertiary/aromatic N) is 4. The summed E-state index contributed by atoms with van der Waals surface area (Å²) in [6.07, 6.45) is 5.86. The third kappa shape index (κ3) is 3.97. The van der Waals surface area contributed by atoms with Crippen molar-refractivity contribution in [3.05, 3.63) is 18.0 Å². The van der Waals surface area contributed by atoms with Gasteiger partial charge in [-0.25, -0.2) is 4.98 Å². The molecule has 0 bridgehead atoms. The topological polar surface area (TPSA) is 90.6 Å². The van der Waals surface area contributed by atoms with Crippen molar-refractivity contribution < 1.29 is 14.3 Å². The summed E-state index contributed by atoms with van der Waals surface area (Å²) in [5, 5.41) is 11.9. The number of carbonyl (C=O) groups excluding carboxylic acids is 1. The van der Waals surface area contributed by atoms with Crippen LogP contribution >= 0.6 is 0 Å². The van der Waals surface area contributed by atoms with Crippen molar-refractivity contribution >= 4 is 28.3 Å². The quantitative estimate of drug-likeness (QED) is 0.523. The van der Waals surface area contributed by atoms with Crippen LogP contribution in [0, 0.1) is 12.8 Å². The first-order valence-corrected chi connectivity index (χ1v) is 10.2. The van der Waals surface area contributed by atoms with E-state index in [9.17, 15) is 4.79 Å². The van der Waals surface area contributed by atoms with Crippen LogP contribution in [0.3, 0.4) is 0 Å². The molecule has 2 aromatic heterocycles. The number of methoxy groups -OCH3 is 2. The number of anilines is 1. The summed E-state index contributed by atoms with van der Waals surface area (Å²) < 4.78 is 12.8. The smallest absolute Gasteiger partial charge is 0.204 e. The predicted octanol–water partition coefficient (Wildman–Crippen LogP) is 3.55. The number of nitrogens with one attached hydrogen (secondary N) is 1.